The van der Waals surface area contributed by atoms with Crippen LogP contribution >= 0.6 is 0 Å². The van der Waals surface area contributed by atoms with Crippen molar-refractivity contribution in [3.63, 3.8) is 0 Å². The van der Waals surface area contributed by atoms with Gasteiger partial charge < -0.3 is 15.6 Å². The summed E-state index contributed by atoms with van der Waals surface area (Å²) in [4.78, 5) is 0. The van der Waals surface area contributed by atoms with Crippen LogP contribution in [-0.4, -0.2) is 18.3 Å². The highest BCUT2D eigenvalue weighted by atomic mass is 19.1. The molecular weight excluding hydrogens is 233 g/mol. The lowest BCUT2D eigenvalue weighted by Gasteiger charge is -2.14. The zero-order chi connectivity index (χ0) is 13.4. The minimum Gasteiger partial charge on any atom is -0.493 e. The monoisotopic (exact) mass is 255 g/mol. The molecule has 1 aromatic rings. The molecule has 0 aliphatic heterocycles. The fraction of sp³-hybridized carbons (Fsp3) is 0.571. The van der Waals surface area contributed by atoms with Crippen LogP contribution in [0.5, 0.6) is 5.75 Å². The molecule has 0 aliphatic carbocycles. The first-order chi connectivity index (χ1) is 8.65. The zero-order valence-electron chi connectivity index (χ0n) is 10.9. The van der Waals surface area contributed by atoms with Crippen molar-refractivity contribution in [1.29, 1.82) is 0 Å². The minimum atomic E-state index is -0.310. The average Bonchev–Trinajstić information content (AvgIpc) is 2.33. The van der Waals surface area contributed by atoms with Gasteiger partial charge in [-0.25, -0.2) is 4.39 Å². The maximum absolute atomic E-state index is 13.1. The third kappa shape index (κ3) is 5.02. The molecule has 0 spiro atoms. The van der Waals surface area contributed by atoms with Gasteiger partial charge in [0.25, 0.3) is 0 Å². The molecule has 0 aliphatic rings. The van der Waals surface area contributed by atoms with E-state index in [0.29, 0.717) is 12.4 Å². The van der Waals surface area contributed by atoms with Crippen LogP contribution in [0.1, 0.15) is 44.2 Å². The Bertz CT molecular complexity index is 356. The molecule has 0 saturated carbocycles. The van der Waals surface area contributed by atoms with Gasteiger partial charge in [0.1, 0.15) is 11.6 Å². The van der Waals surface area contributed by atoms with E-state index in [2.05, 4.69) is 0 Å². The number of halogens is 1. The Balaban J connectivity index is 2.43. The van der Waals surface area contributed by atoms with Gasteiger partial charge in [0, 0.05) is 24.3 Å². The summed E-state index contributed by atoms with van der Waals surface area (Å²) in [6, 6.07) is 4.27. The summed E-state index contributed by atoms with van der Waals surface area (Å²) in [5.41, 5.74) is 6.63. The number of unbranched alkanes of at least 4 members (excludes halogenated alkanes) is 3. The van der Waals surface area contributed by atoms with Crippen LogP contribution in [0.3, 0.4) is 0 Å². The Morgan fingerprint density at radius 2 is 2.00 bits per heavy atom. The number of nitrogens with two attached hydrogens (primary N) is 1. The molecule has 3 nitrogen and oxygen atoms in total. The Labute approximate surface area is 108 Å². The Morgan fingerprint density at radius 1 is 1.28 bits per heavy atom. The molecule has 0 radical (unpaired) electrons. The lowest BCUT2D eigenvalue weighted by atomic mass is 10.1. The lowest BCUT2D eigenvalue weighted by Crippen LogP contribution is -2.09. The van der Waals surface area contributed by atoms with Crippen molar-refractivity contribution in [3.8, 4) is 5.75 Å². The lowest BCUT2D eigenvalue weighted by molar-refractivity contribution is 0.272. The fourth-order valence-electron chi connectivity index (χ4n) is 1.76. The van der Waals surface area contributed by atoms with Crippen LogP contribution in [-0.2, 0) is 0 Å². The van der Waals surface area contributed by atoms with Gasteiger partial charge in [-0.15, -0.1) is 0 Å². The molecule has 0 amide bonds. The van der Waals surface area contributed by atoms with Crippen molar-refractivity contribution < 1.29 is 14.2 Å². The minimum absolute atomic E-state index is 0.171. The van der Waals surface area contributed by atoms with E-state index in [-0.39, 0.29) is 18.5 Å². The van der Waals surface area contributed by atoms with Crippen LogP contribution in [0.4, 0.5) is 4.39 Å². The summed E-state index contributed by atoms with van der Waals surface area (Å²) in [6.07, 6.45) is 3.71. The quantitative estimate of drug-likeness (QED) is 0.702. The van der Waals surface area contributed by atoms with E-state index in [4.69, 9.17) is 15.6 Å². The highest BCUT2D eigenvalue weighted by Crippen LogP contribution is 2.25. The highest BCUT2D eigenvalue weighted by Gasteiger charge is 2.09. The van der Waals surface area contributed by atoms with Crippen molar-refractivity contribution >= 4 is 0 Å². The summed E-state index contributed by atoms with van der Waals surface area (Å²) >= 11 is 0. The van der Waals surface area contributed by atoms with E-state index in [0.717, 1.165) is 31.2 Å². The zero-order valence-corrected chi connectivity index (χ0v) is 10.9. The molecule has 1 rings (SSSR count). The van der Waals surface area contributed by atoms with Gasteiger partial charge >= 0.3 is 0 Å². The largest absolute Gasteiger partial charge is 0.493 e. The summed E-state index contributed by atoms with van der Waals surface area (Å²) in [6.45, 7) is 2.63. The third-order valence-electron chi connectivity index (χ3n) is 2.78. The summed E-state index contributed by atoms with van der Waals surface area (Å²) in [5, 5.41) is 8.64. The maximum Gasteiger partial charge on any atom is 0.126 e. The van der Waals surface area contributed by atoms with Gasteiger partial charge in [-0.3, -0.25) is 0 Å². The average molecular weight is 255 g/mol. The van der Waals surface area contributed by atoms with Gasteiger partial charge in [0.05, 0.1) is 6.61 Å². The van der Waals surface area contributed by atoms with Crippen LogP contribution in [0.25, 0.3) is 0 Å². The first-order valence-corrected chi connectivity index (χ1v) is 6.44. The van der Waals surface area contributed by atoms with Crippen LogP contribution in [0, 0.1) is 5.82 Å². The van der Waals surface area contributed by atoms with Crippen molar-refractivity contribution in [2.45, 2.75) is 38.6 Å². The van der Waals surface area contributed by atoms with Gasteiger partial charge in [-0.05, 0) is 32.3 Å². The van der Waals surface area contributed by atoms with Gasteiger partial charge in [0.2, 0.25) is 0 Å². The molecule has 1 aromatic carbocycles. The molecule has 0 saturated heterocycles. The molecule has 18 heavy (non-hydrogen) atoms. The summed E-state index contributed by atoms with van der Waals surface area (Å²) in [7, 11) is 0. The summed E-state index contributed by atoms with van der Waals surface area (Å²) in [5.74, 6) is 0.224. The van der Waals surface area contributed by atoms with Crippen molar-refractivity contribution in [2.24, 2.45) is 5.73 Å². The number of benzene rings is 1. The standard InChI is InChI=1S/C14H22FNO2/c1-11(16)13-7-6-12(15)10-14(13)18-9-5-3-2-4-8-17/h6-7,10-11,17H,2-5,8-9,16H2,1H3/t11-/m1/s1. The molecule has 4 heteroatoms. The second-order valence-electron chi connectivity index (χ2n) is 4.46. The van der Waals surface area contributed by atoms with Crippen LogP contribution < -0.4 is 10.5 Å². The van der Waals surface area contributed by atoms with E-state index < -0.39 is 0 Å². The number of aliphatic hydroxyl groups excluding tert-OH is 1. The smallest absolute Gasteiger partial charge is 0.126 e. The van der Waals surface area contributed by atoms with E-state index in [9.17, 15) is 4.39 Å². The first kappa shape index (κ1) is 14.9. The van der Waals surface area contributed by atoms with Gasteiger partial charge in [0.15, 0.2) is 0 Å². The highest BCUT2D eigenvalue weighted by molar-refractivity contribution is 5.36. The summed E-state index contributed by atoms with van der Waals surface area (Å²) < 4.78 is 18.7. The number of aliphatic hydroxyl groups is 1. The molecule has 0 aromatic heterocycles. The SMILES string of the molecule is C[C@@H](N)c1ccc(F)cc1OCCCCCCO. The Kier molecular flexibility index (Phi) is 6.68. The topological polar surface area (TPSA) is 55.5 Å². The molecule has 0 bridgehead atoms. The number of hydrogen-bond acceptors (Lipinski definition) is 3. The van der Waals surface area contributed by atoms with Crippen LogP contribution in [0.15, 0.2) is 18.2 Å². The van der Waals surface area contributed by atoms with Crippen molar-refractivity contribution in [2.75, 3.05) is 13.2 Å². The Morgan fingerprint density at radius 3 is 2.67 bits per heavy atom. The second-order valence-corrected chi connectivity index (χ2v) is 4.46. The fourth-order valence-corrected chi connectivity index (χ4v) is 1.76. The molecule has 0 fully saturated rings. The molecule has 102 valence electrons. The molecular formula is C14H22FNO2. The van der Waals surface area contributed by atoms with Gasteiger partial charge in [-0.1, -0.05) is 12.5 Å². The maximum atomic E-state index is 13.1. The first-order valence-electron chi connectivity index (χ1n) is 6.44. The Hall–Kier alpha value is -1.13. The number of hydrogen-bond donors (Lipinski definition) is 2. The van der Waals surface area contributed by atoms with E-state index in [1.807, 2.05) is 6.92 Å². The predicted molar refractivity (Wildman–Crippen MR) is 70.1 cm³/mol. The third-order valence-corrected chi connectivity index (χ3v) is 2.78. The number of ether oxygens (including phenoxy) is 1. The molecule has 0 heterocycles. The van der Waals surface area contributed by atoms with E-state index in [1.54, 1.807) is 6.07 Å². The number of rotatable bonds is 8. The molecule has 0 unspecified atom stereocenters. The molecule has 3 N–H and O–H groups in total. The van der Waals surface area contributed by atoms with Crippen LogP contribution in [0.2, 0.25) is 0 Å². The van der Waals surface area contributed by atoms with E-state index in [1.165, 1.54) is 12.1 Å². The van der Waals surface area contributed by atoms with E-state index >= 15 is 0 Å². The predicted octanol–water partition coefficient (Wildman–Crippen LogP) is 2.78. The molecule has 1 atom stereocenters. The van der Waals surface area contributed by atoms with Crippen molar-refractivity contribution in [1.82, 2.24) is 0 Å². The van der Waals surface area contributed by atoms with Crippen molar-refractivity contribution in [3.05, 3.63) is 29.6 Å². The second kappa shape index (κ2) is 8.06. The normalized spacial score (nSPS) is 12.4. The van der Waals surface area contributed by atoms with Gasteiger partial charge in [-0.2, -0.15) is 0 Å².